The van der Waals surface area contributed by atoms with Gasteiger partial charge in [0.05, 0.1) is 22.7 Å². The molecule has 2 aromatic carbocycles. The highest BCUT2D eigenvalue weighted by Gasteiger charge is 2.61. The van der Waals surface area contributed by atoms with E-state index in [9.17, 15) is 24.9 Å². The van der Waals surface area contributed by atoms with Crippen LogP contribution in [0, 0.1) is 12.8 Å². The summed E-state index contributed by atoms with van der Waals surface area (Å²) in [5, 5.41) is 30.4. The summed E-state index contributed by atoms with van der Waals surface area (Å²) in [5.74, 6) is -0.100. The number of carbonyl (C=O) groups is 2. The molecule has 2 aromatic rings. The molecular formula is C31H34O7. The van der Waals surface area contributed by atoms with E-state index in [2.05, 4.69) is 12.1 Å². The Bertz CT molecular complexity index is 1340. The number of aromatic hydroxyl groups is 1. The van der Waals surface area contributed by atoms with Crippen molar-refractivity contribution < 1.29 is 34.4 Å². The number of aliphatic hydroxyl groups is 2. The van der Waals surface area contributed by atoms with E-state index < -0.39 is 11.2 Å². The number of phenolic OH excluding ortho intramolecular Hbond substituents is 1. The molecule has 0 aromatic heterocycles. The van der Waals surface area contributed by atoms with Crippen LogP contribution < -0.4 is 4.74 Å². The minimum Gasteiger partial charge on any atom is -0.508 e. The first-order valence-electron chi connectivity index (χ1n) is 13.9. The molecule has 38 heavy (non-hydrogen) atoms. The molecule has 2 spiro atoms. The minimum atomic E-state index is -0.681. The number of carbonyl (C=O) groups excluding carboxylic acids is 2. The van der Waals surface area contributed by atoms with Crippen LogP contribution in [-0.4, -0.2) is 44.6 Å². The molecule has 4 bridgehead atoms. The van der Waals surface area contributed by atoms with Crippen molar-refractivity contribution in [3.63, 3.8) is 0 Å². The summed E-state index contributed by atoms with van der Waals surface area (Å²) in [6.45, 7) is 2.00. The van der Waals surface area contributed by atoms with Crippen LogP contribution in [-0.2, 0) is 20.4 Å². The molecule has 2 aliphatic heterocycles. The zero-order chi connectivity index (χ0) is 26.5. The van der Waals surface area contributed by atoms with E-state index in [0.717, 1.165) is 73.6 Å². The van der Waals surface area contributed by atoms with Gasteiger partial charge in [-0.25, -0.2) is 4.79 Å². The Labute approximate surface area is 221 Å². The molecule has 10 rings (SSSR count). The molecule has 6 aliphatic carbocycles. The summed E-state index contributed by atoms with van der Waals surface area (Å²) < 4.78 is 11.0. The number of fused-ring (bicyclic) bond motifs is 6. The van der Waals surface area contributed by atoms with Crippen LogP contribution in [0.1, 0.15) is 91.3 Å². The van der Waals surface area contributed by atoms with Gasteiger partial charge >= 0.3 is 11.9 Å². The van der Waals surface area contributed by atoms with Gasteiger partial charge in [0.25, 0.3) is 0 Å². The van der Waals surface area contributed by atoms with Crippen LogP contribution in [0.3, 0.4) is 0 Å². The molecule has 6 saturated carbocycles. The summed E-state index contributed by atoms with van der Waals surface area (Å²) in [7, 11) is 0. The van der Waals surface area contributed by atoms with E-state index in [1.807, 2.05) is 19.1 Å². The zero-order valence-electron chi connectivity index (χ0n) is 21.7. The van der Waals surface area contributed by atoms with Gasteiger partial charge in [-0.05, 0) is 82.4 Å². The van der Waals surface area contributed by atoms with E-state index in [1.165, 1.54) is 6.07 Å². The van der Waals surface area contributed by atoms with Gasteiger partial charge in [0.15, 0.2) is 0 Å². The third-order valence-electron chi connectivity index (χ3n) is 10.8. The lowest BCUT2D eigenvalue weighted by Crippen LogP contribution is -2.60. The van der Waals surface area contributed by atoms with Gasteiger partial charge < -0.3 is 24.8 Å². The fourth-order valence-electron chi connectivity index (χ4n) is 8.52. The van der Waals surface area contributed by atoms with Crippen LogP contribution in [0.15, 0.2) is 36.4 Å². The second-order valence-electron chi connectivity index (χ2n) is 12.8. The number of hydrogen-bond acceptors (Lipinski definition) is 7. The van der Waals surface area contributed by atoms with Crippen LogP contribution in [0.2, 0.25) is 0 Å². The molecule has 0 unspecified atom stereocenters. The topological polar surface area (TPSA) is 113 Å². The summed E-state index contributed by atoms with van der Waals surface area (Å²) in [6, 6.07) is 11.2. The number of ether oxygens (including phenoxy) is 2. The maximum atomic E-state index is 12.2. The molecule has 2 atom stereocenters. The Morgan fingerprint density at radius 3 is 2.13 bits per heavy atom. The molecule has 200 valence electrons. The van der Waals surface area contributed by atoms with Gasteiger partial charge in [0, 0.05) is 28.9 Å². The van der Waals surface area contributed by atoms with E-state index in [0.29, 0.717) is 18.6 Å². The molecule has 0 radical (unpaired) electrons. The smallest absolute Gasteiger partial charge is 0.338 e. The number of aryl methyl sites for hydroxylation is 1. The Balaban J connectivity index is 0.000000127. The molecule has 6 fully saturated rings. The predicted octanol–water partition coefficient (Wildman–Crippen LogP) is 4.35. The van der Waals surface area contributed by atoms with Crippen molar-refractivity contribution in [1.82, 2.24) is 0 Å². The Morgan fingerprint density at radius 1 is 0.789 bits per heavy atom. The van der Waals surface area contributed by atoms with Gasteiger partial charge in [-0.2, -0.15) is 0 Å². The Kier molecular flexibility index (Phi) is 4.98. The van der Waals surface area contributed by atoms with E-state index in [4.69, 9.17) is 9.47 Å². The highest BCUT2D eigenvalue weighted by molar-refractivity contribution is 5.93. The summed E-state index contributed by atoms with van der Waals surface area (Å²) in [4.78, 5) is 24.4. The summed E-state index contributed by atoms with van der Waals surface area (Å²) >= 11 is 0. The standard InChI is InChI=1S/C16H18O3.C15H16O4/c1-10-2-3-12-11(8-10)14(17)19-13-9-15(18)4-6-16(12,13)7-5-15;16-9-1-2-10-12(7-9)19-13(17)11-8-14(18)3-5-15(10,11)6-4-14/h2-3,8,13,18H,4-7,9H2,1H3;1-2,7,11,16,18H,3-6,8H2/t13-,15?,16?;11-,14?,15?/m00/s1. The second kappa shape index (κ2) is 7.82. The quantitative estimate of drug-likeness (QED) is 0.351. The lowest BCUT2D eigenvalue weighted by atomic mass is 9.50. The van der Waals surface area contributed by atoms with Crippen molar-refractivity contribution in [3.8, 4) is 11.5 Å². The van der Waals surface area contributed by atoms with E-state index in [-0.39, 0.29) is 40.5 Å². The van der Waals surface area contributed by atoms with Crippen LogP contribution >= 0.6 is 0 Å². The maximum absolute atomic E-state index is 12.2. The van der Waals surface area contributed by atoms with Gasteiger partial charge in [0.2, 0.25) is 0 Å². The lowest BCUT2D eigenvalue weighted by Gasteiger charge is -2.57. The molecule has 0 saturated heterocycles. The Morgan fingerprint density at radius 2 is 1.42 bits per heavy atom. The average Bonchev–Trinajstić information content (AvgIpc) is 2.89. The first kappa shape index (κ1) is 24.2. The predicted molar refractivity (Wildman–Crippen MR) is 137 cm³/mol. The Hall–Kier alpha value is -2.90. The second-order valence-corrected chi connectivity index (χ2v) is 12.8. The highest BCUT2D eigenvalue weighted by Crippen LogP contribution is 2.61. The van der Waals surface area contributed by atoms with Crippen molar-refractivity contribution in [2.24, 2.45) is 5.92 Å². The molecule has 0 amide bonds. The normalized spacial score (nSPS) is 39.4. The maximum Gasteiger partial charge on any atom is 0.338 e. The first-order valence-corrected chi connectivity index (χ1v) is 13.9. The number of phenols is 1. The number of rotatable bonds is 0. The number of benzene rings is 2. The lowest BCUT2D eigenvalue weighted by molar-refractivity contribution is -0.162. The molecule has 3 N–H and O–H groups in total. The summed E-state index contributed by atoms with van der Waals surface area (Å²) in [5.41, 5.74) is 2.49. The van der Waals surface area contributed by atoms with Crippen LogP contribution in [0.25, 0.3) is 0 Å². The minimum absolute atomic E-state index is 0.0403. The van der Waals surface area contributed by atoms with Gasteiger partial charge in [-0.1, -0.05) is 23.8 Å². The first-order chi connectivity index (χ1) is 18.0. The molecule has 7 nitrogen and oxygen atoms in total. The SMILES string of the molecule is Cc1ccc2c(c1)C(=O)O[C@H]1CC3(O)CCC21CC3.O=C1Oc2cc(O)ccc2C23CCC(O)(CC2)C[C@@H]13. The summed E-state index contributed by atoms with van der Waals surface area (Å²) in [6.07, 6.45) is 7.62. The molecule has 8 aliphatic rings. The molecule has 7 heteroatoms. The number of hydrogen-bond donors (Lipinski definition) is 3. The molecular weight excluding hydrogens is 484 g/mol. The van der Waals surface area contributed by atoms with Crippen LogP contribution in [0.4, 0.5) is 0 Å². The van der Waals surface area contributed by atoms with Crippen molar-refractivity contribution in [2.75, 3.05) is 0 Å². The third kappa shape index (κ3) is 3.34. The van der Waals surface area contributed by atoms with E-state index >= 15 is 0 Å². The highest BCUT2D eigenvalue weighted by atomic mass is 16.5. The van der Waals surface area contributed by atoms with Gasteiger partial charge in [0.1, 0.15) is 17.6 Å². The fourth-order valence-corrected chi connectivity index (χ4v) is 8.52. The van der Waals surface area contributed by atoms with Crippen molar-refractivity contribution in [3.05, 3.63) is 58.7 Å². The largest absolute Gasteiger partial charge is 0.508 e. The van der Waals surface area contributed by atoms with Crippen molar-refractivity contribution in [1.29, 1.82) is 0 Å². The zero-order valence-corrected chi connectivity index (χ0v) is 21.7. The van der Waals surface area contributed by atoms with Crippen LogP contribution in [0.5, 0.6) is 11.5 Å². The fraction of sp³-hybridized carbons (Fsp3) is 0.548. The third-order valence-corrected chi connectivity index (χ3v) is 10.8. The van der Waals surface area contributed by atoms with Gasteiger partial charge in [-0.3, -0.25) is 4.79 Å². The van der Waals surface area contributed by atoms with Crippen molar-refractivity contribution >= 4 is 11.9 Å². The van der Waals surface area contributed by atoms with Crippen molar-refractivity contribution in [2.45, 2.75) is 99.3 Å². The molecule has 2 heterocycles. The monoisotopic (exact) mass is 518 g/mol. The number of esters is 2. The van der Waals surface area contributed by atoms with Gasteiger partial charge in [-0.15, -0.1) is 0 Å². The van der Waals surface area contributed by atoms with E-state index in [1.54, 1.807) is 6.07 Å². The average molecular weight is 519 g/mol.